The Morgan fingerprint density at radius 1 is 0.861 bits per heavy atom. The van der Waals surface area contributed by atoms with Crippen molar-refractivity contribution in [2.24, 2.45) is 0 Å². The second-order valence-corrected chi connectivity index (χ2v) is 10.7. The highest BCUT2D eigenvalue weighted by atomic mass is 16.6. The van der Waals surface area contributed by atoms with Gasteiger partial charge in [-0.1, -0.05) is 37.5 Å². The van der Waals surface area contributed by atoms with Gasteiger partial charge in [-0.3, -0.25) is 0 Å². The summed E-state index contributed by atoms with van der Waals surface area (Å²) in [5.41, 5.74) is 5.69. The molecule has 1 N–H and O–H groups in total. The zero-order valence-electron chi connectivity index (χ0n) is 20.8. The lowest BCUT2D eigenvalue weighted by Crippen LogP contribution is -2.33. The minimum atomic E-state index is -1.02. The Hall–Kier alpha value is -3.47. The fourth-order valence-corrected chi connectivity index (χ4v) is 6.60. The van der Waals surface area contributed by atoms with E-state index in [1.807, 2.05) is 24.3 Å². The van der Waals surface area contributed by atoms with Gasteiger partial charge in [0.05, 0.1) is 5.56 Å². The minimum absolute atomic E-state index is 0.282. The van der Waals surface area contributed by atoms with E-state index in [0.29, 0.717) is 11.6 Å². The van der Waals surface area contributed by atoms with Crippen LogP contribution in [0.1, 0.15) is 77.6 Å². The molecule has 184 valence electrons. The number of esters is 1. The standard InChI is InChI=1S/C31H32N2O3/c1-20-17-28-26(19-27(20)32-21-9-3-2-4-10-21)31(24-12-6-5-11-23(24)30(34)36-31)25-14-13-22(18-29(25)35-28)33-15-7-8-16-33/h5-6,11-14,17-19,21,32H,2-4,7-10,15-16H2,1H3. The predicted octanol–water partition coefficient (Wildman–Crippen LogP) is 6.91. The maximum absolute atomic E-state index is 13.2. The molecule has 1 saturated heterocycles. The highest BCUT2D eigenvalue weighted by Crippen LogP contribution is 2.57. The Kier molecular flexibility index (Phi) is 5.02. The van der Waals surface area contributed by atoms with Gasteiger partial charge in [-0.2, -0.15) is 0 Å². The van der Waals surface area contributed by atoms with Crippen LogP contribution in [0.3, 0.4) is 0 Å². The van der Waals surface area contributed by atoms with Crippen LogP contribution in [-0.2, 0) is 10.3 Å². The third-order valence-electron chi connectivity index (χ3n) is 8.48. The van der Waals surface area contributed by atoms with Gasteiger partial charge >= 0.3 is 5.97 Å². The topological polar surface area (TPSA) is 50.8 Å². The number of aryl methyl sites for hydroxylation is 1. The molecule has 3 heterocycles. The van der Waals surface area contributed by atoms with Gasteiger partial charge in [0, 0.05) is 53.3 Å². The zero-order chi connectivity index (χ0) is 24.3. The van der Waals surface area contributed by atoms with Crippen molar-refractivity contribution in [1.82, 2.24) is 0 Å². The van der Waals surface area contributed by atoms with E-state index in [0.717, 1.165) is 58.2 Å². The van der Waals surface area contributed by atoms with E-state index in [1.54, 1.807) is 0 Å². The molecule has 7 rings (SSSR count). The summed E-state index contributed by atoms with van der Waals surface area (Å²) in [5.74, 6) is 1.25. The fraction of sp³-hybridized carbons (Fsp3) is 0.387. The number of hydrogen-bond acceptors (Lipinski definition) is 5. The largest absolute Gasteiger partial charge is 0.456 e. The molecule has 1 saturated carbocycles. The van der Waals surface area contributed by atoms with Crippen LogP contribution in [-0.4, -0.2) is 25.1 Å². The molecule has 0 amide bonds. The Morgan fingerprint density at radius 3 is 2.47 bits per heavy atom. The minimum Gasteiger partial charge on any atom is -0.456 e. The Balaban J connectivity index is 1.40. The van der Waals surface area contributed by atoms with Crippen molar-refractivity contribution in [3.8, 4) is 11.5 Å². The first-order valence-corrected chi connectivity index (χ1v) is 13.5. The number of carbonyl (C=O) groups excluding carboxylic acids is 1. The molecule has 1 atom stereocenters. The Bertz CT molecular complexity index is 1350. The van der Waals surface area contributed by atoms with E-state index in [-0.39, 0.29) is 5.97 Å². The van der Waals surface area contributed by atoms with Gasteiger partial charge < -0.3 is 19.7 Å². The number of anilines is 2. The molecule has 0 aromatic heterocycles. The molecule has 36 heavy (non-hydrogen) atoms. The van der Waals surface area contributed by atoms with Gasteiger partial charge in [0.2, 0.25) is 0 Å². The lowest BCUT2D eigenvalue weighted by molar-refractivity contribution is 0.0224. The van der Waals surface area contributed by atoms with Crippen molar-refractivity contribution in [2.45, 2.75) is 63.5 Å². The predicted molar refractivity (Wildman–Crippen MR) is 141 cm³/mol. The molecule has 1 spiro atoms. The van der Waals surface area contributed by atoms with Crippen LogP contribution in [0.2, 0.25) is 0 Å². The summed E-state index contributed by atoms with van der Waals surface area (Å²) >= 11 is 0. The van der Waals surface area contributed by atoms with Crippen LogP contribution >= 0.6 is 0 Å². The number of fused-ring (bicyclic) bond motifs is 6. The van der Waals surface area contributed by atoms with Gasteiger partial charge in [-0.05, 0) is 68.5 Å². The van der Waals surface area contributed by atoms with Crippen molar-refractivity contribution in [2.75, 3.05) is 23.3 Å². The summed E-state index contributed by atoms with van der Waals surface area (Å²) in [6.07, 6.45) is 8.67. The second kappa shape index (κ2) is 8.29. The average Bonchev–Trinajstić information content (AvgIpc) is 3.54. The SMILES string of the molecule is Cc1cc2c(cc1NC1CCCCC1)C1(OC(=O)c3ccccc31)c1ccc(N3CCCC3)cc1O2. The van der Waals surface area contributed by atoms with Crippen molar-refractivity contribution >= 4 is 17.3 Å². The van der Waals surface area contributed by atoms with E-state index in [9.17, 15) is 4.79 Å². The number of rotatable bonds is 3. The van der Waals surface area contributed by atoms with Crippen LogP contribution in [0.4, 0.5) is 11.4 Å². The van der Waals surface area contributed by atoms with Gasteiger partial charge in [0.1, 0.15) is 11.5 Å². The highest BCUT2D eigenvalue weighted by Gasteiger charge is 2.53. The van der Waals surface area contributed by atoms with Gasteiger partial charge in [0.25, 0.3) is 0 Å². The van der Waals surface area contributed by atoms with E-state index in [2.05, 4.69) is 47.5 Å². The van der Waals surface area contributed by atoms with E-state index in [4.69, 9.17) is 9.47 Å². The normalized spacial score (nSPS) is 22.6. The second-order valence-electron chi connectivity index (χ2n) is 10.7. The molecule has 2 fully saturated rings. The first-order chi connectivity index (χ1) is 17.6. The Labute approximate surface area is 212 Å². The van der Waals surface area contributed by atoms with Crippen LogP contribution in [0, 0.1) is 6.92 Å². The van der Waals surface area contributed by atoms with Crippen molar-refractivity contribution < 1.29 is 14.3 Å². The molecule has 3 aromatic rings. The Morgan fingerprint density at radius 2 is 1.64 bits per heavy atom. The van der Waals surface area contributed by atoms with Crippen LogP contribution in [0.25, 0.3) is 0 Å². The summed E-state index contributed by atoms with van der Waals surface area (Å²) in [5, 5.41) is 3.81. The van der Waals surface area contributed by atoms with Crippen molar-refractivity contribution in [3.63, 3.8) is 0 Å². The lowest BCUT2D eigenvalue weighted by Gasteiger charge is -2.38. The molecule has 5 heteroatoms. The van der Waals surface area contributed by atoms with Crippen LogP contribution in [0.15, 0.2) is 54.6 Å². The summed E-state index contributed by atoms with van der Waals surface area (Å²) in [6, 6.07) is 19.0. The van der Waals surface area contributed by atoms with E-state index < -0.39 is 5.60 Å². The molecular weight excluding hydrogens is 448 g/mol. The van der Waals surface area contributed by atoms with Gasteiger partial charge in [-0.15, -0.1) is 0 Å². The fourth-order valence-electron chi connectivity index (χ4n) is 6.60. The molecule has 3 aliphatic heterocycles. The smallest absolute Gasteiger partial charge is 0.340 e. The molecular formula is C31H32N2O3. The summed E-state index contributed by atoms with van der Waals surface area (Å²) in [7, 11) is 0. The molecule has 0 bridgehead atoms. The van der Waals surface area contributed by atoms with Crippen molar-refractivity contribution in [3.05, 3.63) is 82.4 Å². The third-order valence-corrected chi connectivity index (χ3v) is 8.48. The number of ether oxygens (including phenoxy) is 2. The first kappa shape index (κ1) is 21.8. The van der Waals surface area contributed by atoms with Gasteiger partial charge in [0.15, 0.2) is 5.60 Å². The molecule has 3 aromatic carbocycles. The van der Waals surface area contributed by atoms with Crippen LogP contribution in [0.5, 0.6) is 11.5 Å². The first-order valence-electron chi connectivity index (χ1n) is 13.5. The lowest BCUT2D eigenvalue weighted by atomic mass is 9.77. The monoisotopic (exact) mass is 480 g/mol. The number of carbonyl (C=O) groups is 1. The summed E-state index contributed by atoms with van der Waals surface area (Å²) in [4.78, 5) is 15.6. The van der Waals surface area contributed by atoms with E-state index >= 15 is 0 Å². The molecule has 5 nitrogen and oxygen atoms in total. The molecule has 1 unspecified atom stereocenters. The number of nitrogens with zero attached hydrogens (tertiary/aromatic N) is 1. The maximum atomic E-state index is 13.2. The number of hydrogen-bond donors (Lipinski definition) is 1. The highest BCUT2D eigenvalue weighted by molar-refractivity contribution is 5.97. The summed E-state index contributed by atoms with van der Waals surface area (Å²) < 4.78 is 13.0. The number of nitrogens with one attached hydrogen (secondary N) is 1. The number of benzene rings is 3. The van der Waals surface area contributed by atoms with Gasteiger partial charge in [-0.25, -0.2) is 4.79 Å². The quantitative estimate of drug-likeness (QED) is 0.413. The van der Waals surface area contributed by atoms with Crippen LogP contribution < -0.4 is 15.0 Å². The molecule has 0 radical (unpaired) electrons. The average molecular weight is 481 g/mol. The summed E-state index contributed by atoms with van der Waals surface area (Å²) in [6.45, 7) is 4.26. The molecule has 1 aliphatic carbocycles. The maximum Gasteiger partial charge on any atom is 0.340 e. The zero-order valence-corrected chi connectivity index (χ0v) is 20.8. The van der Waals surface area contributed by atoms with E-state index in [1.165, 1.54) is 44.9 Å². The third kappa shape index (κ3) is 3.25. The molecule has 4 aliphatic rings. The van der Waals surface area contributed by atoms with Crippen molar-refractivity contribution in [1.29, 1.82) is 0 Å².